The second kappa shape index (κ2) is 7.04. The van der Waals surface area contributed by atoms with E-state index in [1.54, 1.807) is 48.5 Å². The van der Waals surface area contributed by atoms with Gasteiger partial charge in [0.05, 0.1) is 10.6 Å². The Kier molecular flexibility index (Phi) is 5.31. The normalized spacial score (nSPS) is 11.7. The van der Waals surface area contributed by atoms with E-state index in [9.17, 15) is 13.5 Å². The number of phenolic OH excluding ortho intramolecular Hbond substituents is 1. The first-order valence-electron chi connectivity index (χ1n) is 7.55. The Morgan fingerprint density at radius 3 is 2.35 bits per heavy atom. The van der Waals surface area contributed by atoms with Crippen molar-refractivity contribution in [1.82, 2.24) is 0 Å². The van der Waals surface area contributed by atoms with Crippen LogP contribution in [-0.2, 0) is 10.0 Å². The minimum atomic E-state index is -3.74. The van der Waals surface area contributed by atoms with Crippen LogP contribution in [-0.4, -0.2) is 20.1 Å². The van der Waals surface area contributed by atoms with Crippen LogP contribution in [0.4, 0.5) is 5.69 Å². The van der Waals surface area contributed by atoms with Crippen molar-refractivity contribution in [3.05, 3.63) is 61.0 Å². The number of anilines is 1. The summed E-state index contributed by atoms with van der Waals surface area (Å²) in [5, 5.41) is 10.3. The standard InChI is InChI=1S/C18H22NO3S/c1-14(2)12-13-19(17-11-7-8-15(3)18(17)20)23(21,22)16-9-5-4-6-10-16/h4-11,14,20H,3,12-13H2,1-2H3. The fraction of sp³-hybridized carbons (Fsp3) is 0.278. The number of sulfonamides is 1. The van der Waals surface area contributed by atoms with Crippen LogP contribution < -0.4 is 4.31 Å². The summed E-state index contributed by atoms with van der Waals surface area (Å²) in [5.41, 5.74) is 0.669. The Labute approximate surface area is 138 Å². The number of benzene rings is 2. The van der Waals surface area contributed by atoms with E-state index in [1.165, 1.54) is 4.31 Å². The van der Waals surface area contributed by atoms with Crippen molar-refractivity contribution >= 4 is 15.7 Å². The van der Waals surface area contributed by atoms with Gasteiger partial charge in [0, 0.05) is 6.54 Å². The molecular formula is C18H22NO3S. The smallest absolute Gasteiger partial charge is 0.264 e. The second-order valence-corrected chi connectivity index (χ2v) is 7.72. The zero-order chi connectivity index (χ0) is 17.0. The Balaban J connectivity index is 2.52. The van der Waals surface area contributed by atoms with Gasteiger partial charge in [-0.05, 0) is 43.0 Å². The molecular weight excluding hydrogens is 310 g/mol. The number of hydrogen-bond acceptors (Lipinski definition) is 3. The Hall–Kier alpha value is -2.01. The Morgan fingerprint density at radius 2 is 1.74 bits per heavy atom. The van der Waals surface area contributed by atoms with Gasteiger partial charge in [-0.2, -0.15) is 0 Å². The van der Waals surface area contributed by atoms with Crippen LogP contribution in [0.2, 0.25) is 0 Å². The zero-order valence-electron chi connectivity index (χ0n) is 13.4. The molecule has 0 heterocycles. The van der Waals surface area contributed by atoms with Gasteiger partial charge in [-0.25, -0.2) is 8.42 Å². The Bertz CT molecular complexity index is 755. The summed E-state index contributed by atoms with van der Waals surface area (Å²) in [6, 6.07) is 13.2. The highest BCUT2D eigenvalue weighted by Crippen LogP contribution is 2.34. The third-order valence-electron chi connectivity index (χ3n) is 3.61. The minimum absolute atomic E-state index is 0.101. The van der Waals surface area contributed by atoms with Crippen LogP contribution in [0.3, 0.4) is 0 Å². The molecule has 23 heavy (non-hydrogen) atoms. The quantitative estimate of drug-likeness (QED) is 0.875. The first kappa shape index (κ1) is 17.3. The van der Waals surface area contributed by atoms with Crippen LogP contribution in [0.1, 0.15) is 25.8 Å². The molecule has 1 radical (unpaired) electrons. The van der Waals surface area contributed by atoms with Gasteiger partial charge in [-0.15, -0.1) is 0 Å². The molecule has 0 spiro atoms. The summed E-state index contributed by atoms with van der Waals surface area (Å²) < 4.78 is 27.3. The van der Waals surface area contributed by atoms with Crippen LogP contribution in [0.25, 0.3) is 0 Å². The van der Waals surface area contributed by atoms with Gasteiger partial charge in [0.1, 0.15) is 5.75 Å². The predicted octanol–water partition coefficient (Wildman–Crippen LogP) is 3.82. The summed E-state index contributed by atoms with van der Waals surface area (Å²) in [7, 11) is -3.74. The van der Waals surface area contributed by atoms with Crippen molar-refractivity contribution in [2.24, 2.45) is 5.92 Å². The molecule has 0 amide bonds. The first-order valence-corrected chi connectivity index (χ1v) is 8.99. The molecule has 0 aliphatic carbocycles. The van der Waals surface area contributed by atoms with Gasteiger partial charge >= 0.3 is 0 Å². The molecule has 0 aromatic heterocycles. The summed E-state index contributed by atoms with van der Waals surface area (Å²) in [6.45, 7) is 8.10. The van der Waals surface area contributed by atoms with E-state index >= 15 is 0 Å². The van der Waals surface area contributed by atoms with E-state index in [1.807, 2.05) is 13.8 Å². The summed E-state index contributed by atoms with van der Waals surface area (Å²) in [6.07, 6.45) is 0.687. The number of rotatable bonds is 6. The molecule has 1 N–H and O–H groups in total. The maximum Gasteiger partial charge on any atom is 0.264 e. The molecule has 4 nitrogen and oxygen atoms in total. The molecule has 123 valence electrons. The molecule has 5 heteroatoms. The van der Waals surface area contributed by atoms with Crippen molar-refractivity contribution in [2.45, 2.75) is 25.2 Å². The molecule has 0 aliphatic heterocycles. The van der Waals surface area contributed by atoms with E-state index in [0.717, 1.165) is 0 Å². The average molecular weight is 332 g/mol. The third kappa shape index (κ3) is 3.85. The lowest BCUT2D eigenvalue weighted by Crippen LogP contribution is -2.32. The van der Waals surface area contributed by atoms with Crippen molar-refractivity contribution in [1.29, 1.82) is 0 Å². The monoisotopic (exact) mass is 332 g/mol. The zero-order valence-corrected chi connectivity index (χ0v) is 14.3. The van der Waals surface area contributed by atoms with Crippen LogP contribution in [0.5, 0.6) is 5.75 Å². The largest absolute Gasteiger partial charge is 0.505 e. The third-order valence-corrected chi connectivity index (χ3v) is 5.44. The van der Waals surface area contributed by atoms with E-state index in [4.69, 9.17) is 0 Å². The lowest BCUT2D eigenvalue weighted by Gasteiger charge is -2.26. The molecule has 0 atom stereocenters. The number of nitrogens with zero attached hydrogens (tertiary/aromatic N) is 1. The van der Waals surface area contributed by atoms with E-state index < -0.39 is 10.0 Å². The fourth-order valence-electron chi connectivity index (χ4n) is 2.24. The van der Waals surface area contributed by atoms with E-state index in [2.05, 4.69) is 6.92 Å². The van der Waals surface area contributed by atoms with Crippen molar-refractivity contribution in [2.75, 3.05) is 10.8 Å². The van der Waals surface area contributed by atoms with Gasteiger partial charge in [0.15, 0.2) is 0 Å². The van der Waals surface area contributed by atoms with Crippen LogP contribution in [0.15, 0.2) is 53.4 Å². The maximum absolute atomic E-state index is 13.0. The fourth-order valence-corrected chi connectivity index (χ4v) is 3.75. The van der Waals surface area contributed by atoms with Crippen molar-refractivity contribution in [3.8, 4) is 5.75 Å². The SMILES string of the molecule is [CH2]c1cccc(N(CCC(C)C)S(=O)(=O)c2ccccc2)c1O. The number of hydrogen-bond donors (Lipinski definition) is 1. The highest BCUT2D eigenvalue weighted by Gasteiger charge is 2.27. The number of phenols is 1. The van der Waals surface area contributed by atoms with Gasteiger partial charge < -0.3 is 5.11 Å². The molecule has 0 unspecified atom stereocenters. The summed E-state index contributed by atoms with van der Waals surface area (Å²) in [5.74, 6) is 0.240. The van der Waals surface area contributed by atoms with E-state index in [0.29, 0.717) is 24.4 Å². The lowest BCUT2D eigenvalue weighted by molar-refractivity contribution is 0.472. The number of aromatic hydroxyl groups is 1. The molecule has 0 saturated carbocycles. The molecule has 0 saturated heterocycles. The maximum atomic E-state index is 13.0. The van der Waals surface area contributed by atoms with Crippen LogP contribution in [0, 0.1) is 12.8 Å². The molecule has 0 bridgehead atoms. The van der Waals surface area contributed by atoms with Crippen molar-refractivity contribution < 1.29 is 13.5 Å². The first-order chi connectivity index (χ1) is 10.8. The van der Waals surface area contributed by atoms with Gasteiger partial charge in [0.2, 0.25) is 0 Å². The van der Waals surface area contributed by atoms with E-state index in [-0.39, 0.29) is 16.3 Å². The predicted molar refractivity (Wildman–Crippen MR) is 93.0 cm³/mol. The van der Waals surface area contributed by atoms with Gasteiger partial charge in [-0.1, -0.05) is 44.2 Å². The highest BCUT2D eigenvalue weighted by atomic mass is 32.2. The lowest BCUT2D eigenvalue weighted by atomic mass is 10.1. The molecule has 2 aromatic rings. The van der Waals surface area contributed by atoms with Gasteiger partial charge in [-0.3, -0.25) is 4.31 Å². The topological polar surface area (TPSA) is 57.6 Å². The molecule has 2 aromatic carbocycles. The Morgan fingerprint density at radius 1 is 1.09 bits per heavy atom. The molecule has 0 aliphatic rings. The second-order valence-electron chi connectivity index (χ2n) is 5.86. The summed E-state index contributed by atoms with van der Waals surface area (Å²) in [4.78, 5) is 0.206. The van der Waals surface area contributed by atoms with Crippen LogP contribution >= 0.6 is 0 Å². The highest BCUT2D eigenvalue weighted by molar-refractivity contribution is 7.92. The van der Waals surface area contributed by atoms with Crippen molar-refractivity contribution in [3.63, 3.8) is 0 Å². The molecule has 0 fully saturated rings. The molecule has 2 rings (SSSR count). The average Bonchev–Trinajstić information content (AvgIpc) is 2.52. The number of para-hydroxylation sites is 1. The summed E-state index contributed by atoms with van der Waals surface area (Å²) >= 11 is 0. The van der Waals surface area contributed by atoms with Gasteiger partial charge in [0.25, 0.3) is 10.0 Å². The minimum Gasteiger partial charge on any atom is -0.505 e.